The Morgan fingerprint density at radius 3 is 2.48 bits per heavy atom. The van der Waals surface area contributed by atoms with E-state index in [-0.39, 0.29) is 0 Å². The molecule has 0 aliphatic carbocycles. The van der Waals surface area contributed by atoms with Crippen molar-refractivity contribution in [2.24, 2.45) is 0 Å². The number of amides is 1. The lowest BCUT2D eigenvalue weighted by Gasteiger charge is -2.19. The van der Waals surface area contributed by atoms with Gasteiger partial charge >= 0.3 is 12.1 Å². The molecule has 210 valence electrons. The molecule has 0 saturated heterocycles. The summed E-state index contributed by atoms with van der Waals surface area (Å²) >= 11 is 0. The number of hydrogen-bond donors (Lipinski definition) is 2. The molecule has 40 heavy (non-hydrogen) atoms. The number of pyridine rings is 1. The predicted octanol–water partition coefficient (Wildman–Crippen LogP) is 5.77. The number of imidazole rings is 1. The van der Waals surface area contributed by atoms with Crippen LogP contribution in [0, 0.1) is 0 Å². The Labute approximate surface area is 234 Å². The first-order valence-corrected chi connectivity index (χ1v) is 13.5. The van der Waals surface area contributed by atoms with E-state index in [9.17, 15) is 9.59 Å². The highest BCUT2D eigenvalue weighted by atomic mass is 16.6. The molecule has 0 spiro atoms. The molecule has 0 radical (unpaired) electrons. The molecule has 0 fully saturated rings. The van der Waals surface area contributed by atoms with Gasteiger partial charge in [0.25, 0.3) is 0 Å². The van der Waals surface area contributed by atoms with Crippen LogP contribution >= 0.6 is 0 Å². The van der Waals surface area contributed by atoms with Gasteiger partial charge in [0.1, 0.15) is 16.9 Å². The summed E-state index contributed by atoms with van der Waals surface area (Å²) in [4.78, 5) is 33.1. The Bertz CT molecular complexity index is 1550. The lowest BCUT2D eigenvalue weighted by atomic mass is 10.1. The monoisotopic (exact) mass is 543 g/mol. The number of nitrogens with two attached hydrogens (primary N) is 1. The number of rotatable bonds is 9. The van der Waals surface area contributed by atoms with Crippen molar-refractivity contribution in [2.45, 2.75) is 65.6 Å². The van der Waals surface area contributed by atoms with Gasteiger partial charge in [0.2, 0.25) is 0 Å². The molecule has 0 bridgehead atoms. The maximum Gasteiger partial charge on any atom is 0.407 e. The molecule has 0 aliphatic heterocycles. The number of carbonyl (C=O) groups excluding carboxylic acids is 2. The molecule has 2 aromatic heterocycles. The second-order valence-corrected chi connectivity index (χ2v) is 10.7. The molecule has 0 unspecified atom stereocenters. The van der Waals surface area contributed by atoms with Crippen LogP contribution in [0.1, 0.15) is 63.1 Å². The number of esters is 1. The van der Waals surface area contributed by atoms with Gasteiger partial charge in [0.05, 0.1) is 18.1 Å². The number of carbonyl (C=O) groups is 2. The van der Waals surface area contributed by atoms with E-state index >= 15 is 0 Å². The minimum atomic E-state index is -0.540. The number of hydrogen-bond acceptors (Lipinski definition) is 7. The second kappa shape index (κ2) is 12.2. The van der Waals surface area contributed by atoms with Crippen molar-refractivity contribution >= 4 is 45.9 Å². The number of nitrogens with one attached hydrogen (secondary N) is 1. The lowest BCUT2D eigenvalue weighted by molar-refractivity contribution is -0.134. The molecule has 4 rings (SSSR count). The molecule has 0 saturated carbocycles. The number of nitrogens with zero attached hydrogens (tertiary/aromatic N) is 3. The standard InChI is InChI=1S/C31H37N5O4/c1-6-7-8-25-35-27-28(23-15-13-20(14-16-26(37)39-5)17-24(23)34-29(27)32)36(25)19-22-11-9-21(10-12-22)18-33-30(38)40-31(2,3)4/h9-17H,6-8,18-19H2,1-5H3,(H2,32,34)(H,33,38)/b16-14+. The first-order chi connectivity index (χ1) is 19.1. The molecule has 1 amide bonds. The predicted molar refractivity (Wildman–Crippen MR) is 158 cm³/mol. The van der Waals surface area contributed by atoms with Gasteiger partial charge in [-0.3, -0.25) is 0 Å². The Balaban J connectivity index is 1.66. The SMILES string of the molecule is CCCCc1nc2c(N)nc3cc(/C=C/C(=O)OC)ccc3c2n1Cc1ccc(CNC(=O)OC(C)(C)C)cc1. The number of anilines is 1. The minimum Gasteiger partial charge on any atom is -0.466 e. The first kappa shape index (κ1) is 28.6. The fraction of sp³-hybridized carbons (Fsp3) is 0.355. The Morgan fingerprint density at radius 2 is 1.80 bits per heavy atom. The van der Waals surface area contributed by atoms with E-state index in [4.69, 9.17) is 20.2 Å². The van der Waals surface area contributed by atoms with Crippen LogP contribution in [-0.2, 0) is 33.8 Å². The summed E-state index contributed by atoms with van der Waals surface area (Å²) in [7, 11) is 1.35. The normalized spacial score (nSPS) is 11.8. The van der Waals surface area contributed by atoms with Crippen LogP contribution in [0.4, 0.5) is 10.6 Å². The van der Waals surface area contributed by atoms with Gasteiger partial charge in [-0.05, 0) is 56.0 Å². The van der Waals surface area contributed by atoms with E-state index in [2.05, 4.69) is 33.9 Å². The molecular formula is C31H37N5O4. The van der Waals surface area contributed by atoms with Gasteiger partial charge in [-0.15, -0.1) is 0 Å². The quantitative estimate of drug-likeness (QED) is 0.203. The average molecular weight is 544 g/mol. The first-order valence-electron chi connectivity index (χ1n) is 13.5. The molecule has 3 N–H and O–H groups in total. The van der Waals surface area contributed by atoms with Gasteiger partial charge in [-0.2, -0.15) is 0 Å². The van der Waals surface area contributed by atoms with Crippen molar-refractivity contribution in [1.29, 1.82) is 0 Å². The highest BCUT2D eigenvalue weighted by Crippen LogP contribution is 2.31. The topological polar surface area (TPSA) is 121 Å². The van der Waals surface area contributed by atoms with Crippen molar-refractivity contribution in [2.75, 3.05) is 12.8 Å². The molecule has 0 aliphatic rings. The zero-order valence-electron chi connectivity index (χ0n) is 23.8. The average Bonchev–Trinajstić information content (AvgIpc) is 3.27. The largest absolute Gasteiger partial charge is 0.466 e. The van der Waals surface area contributed by atoms with Crippen molar-refractivity contribution < 1.29 is 19.1 Å². The molecule has 9 heteroatoms. The summed E-state index contributed by atoms with van der Waals surface area (Å²) in [5.41, 5.74) is 11.1. The van der Waals surface area contributed by atoms with Crippen molar-refractivity contribution in [3.63, 3.8) is 0 Å². The number of aromatic nitrogens is 3. The van der Waals surface area contributed by atoms with E-state index in [1.165, 1.54) is 13.2 Å². The summed E-state index contributed by atoms with van der Waals surface area (Å²) in [6.45, 7) is 8.66. The third-order valence-corrected chi connectivity index (χ3v) is 6.37. The van der Waals surface area contributed by atoms with E-state index < -0.39 is 17.7 Å². The van der Waals surface area contributed by atoms with E-state index in [0.717, 1.165) is 58.2 Å². The maximum atomic E-state index is 12.0. The number of aryl methyl sites for hydroxylation is 1. The van der Waals surface area contributed by atoms with E-state index in [1.807, 2.05) is 51.1 Å². The molecular weight excluding hydrogens is 506 g/mol. The highest BCUT2D eigenvalue weighted by Gasteiger charge is 2.18. The summed E-state index contributed by atoms with van der Waals surface area (Å²) < 4.78 is 12.2. The zero-order valence-corrected chi connectivity index (χ0v) is 23.8. The van der Waals surface area contributed by atoms with Gasteiger partial charge in [0.15, 0.2) is 5.82 Å². The fourth-order valence-corrected chi connectivity index (χ4v) is 4.44. The lowest BCUT2D eigenvalue weighted by Crippen LogP contribution is -2.32. The third-order valence-electron chi connectivity index (χ3n) is 6.37. The summed E-state index contributed by atoms with van der Waals surface area (Å²) in [5.74, 6) is 0.910. The van der Waals surface area contributed by atoms with Crippen molar-refractivity contribution in [1.82, 2.24) is 19.9 Å². The summed E-state index contributed by atoms with van der Waals surface area (Å²) in [6.07, 6.45) is 5.51. The van der Waals surface area contributed by atoms with Gasteiger partial charge in [-0.25, -0.2) is 19.6 Å². The van der Waals surface area contributed by atoms with E-state index in [1.54, 1.807) is 6.08 Å². The van der Waals surface area contributed by atoms with Crippen molar-refractivity contribution in [3.05, 3.63) is 71.1 Å². The summed E-state index contributed by atoms with van der Waals surface area (Å²) in [6, 6.07) is 14.0. The highest BCUT2D eigenvalue weighted by molar-refractivity contribution is 6.07. The second-order valence-electron chi connectivity index (χ2n) is 10.7. The minimum absolute atomic E-state index is 0.372. The van der Waals surface area contributed by atoms with Gasteiger partial charge < -0.3 is 25.1 Å². The molecule has 0 atom stereocenters. The third kappa shape index (κ3) is 6.97. The van der Waals surface area contributed by atoms with E-state index in [0.29, 0.717) is 24.4 Å². The number of benzene rings is 2. The number of ether oxygens (including phenoxy) is 2. The van der Waals surface area contributed by atoms with Crippen LogP contribution in [0.2, 0.25) is 0 Å². The van der Waals surface area contributed by atoms with Crippen LogP contribution in [0.5, 0.6) is 0 Å². The van der Waals surface area contributed by atoms with Crippen molar-refractivity contribution in [3.8, 4) is 0 Å². The van der Waals surface area contributed by atoms with Gasteiger partial charge in [-0.1, -0.05) is 49.7 Å². The Morgan fingerprint density at radius 1 is 1.07 bits per heavy atom. The Hall–Kier alpha value is -4.40. The smallest absolute Gasteiger partial charge is 0.407 e. The van der Waals surface area contributed by atoms with Crippen LogP contribution in [0.3, 0.4) is 0 Å². The number of unbranched alkanes of at least 4 members (excludes halogenated alkanes) is 1. The summed E-state index contributed by atoms with van der Waals surface area (Å²) in [5, 5.41) is 3.74. The number of fused-ring (bicyclic) bond motifs is 3. The van der Waals surface area contributed by atoms with Crippen LogP contribution < -0.4 is 11.1 Å². The fourth-order valence-electron chi connectivity index (χ4n) is 4.44. The molecule has 2 heterocycles. The maximum absolute atomic E-state index is 12.0. The molecule has 4 aromatic rings. The number of methoxy groups -OCH3 is 1. The molecule has 9 nitrogen and oxygen atoms in total. The number of nitrogen functional groups attached to an aromatic ring is 1. The van der Waals surface area contributed by atoms with Crippen LogP contribution in [0.15, 0.2) is 48.5 Å². The number of alkyl carbamates (subject to hydrolysis) is 1. The Kier molecular flexibility index (Phi) is 8.72. The van der Waals surface area contributed by atoms with Crippen LogP contribution in [-0.4, -0.2) is 39.3 Å². The molecule has 2 aromatic carbocycles. The zero-order chi connectivity index (χ0) is 28.9. The van der Waals surface area contributed by atoms with Gasteiger partial charge in [0, 0.05) is 31.0 Å². The van der Waals surface area contributed by atoms with Crippen LogP contribution in [0.25, 0.3) is 28.0 Å².